The summed E-state index contributed by atoms with van der Waals surface area (Å²) in [6, 6.07) is 12.3. The molecule has 2 aromatic rings. The van der Waals surface area contributed by atoms with E-state index in [1.807, 2.05) is 25.1 Å². The number of benzene rings is 1. The second-order valence-corrected chi connectivity index (χ2v) is 6.37. The van der Waals surface area contributed by atoms with E-state index < -0.39 is 0 Å². The van der Waals surface area contributed by atoms with Crippen LogP contribution in [0.2, 0.25) is 0 Å². The number of aromatic amines is 1. The van der Waals surface area contributed by atoms with Crippen LogP contribution in [-0.2, 0) is 17.8 Å². The van der Waals surface area contributed by atoms with E-state index in [9.17, 15) is 5.11 Å². The Morgan fingerprint density at radius 1 is 1.30 bits per heavy atom. The first kappa shape index (κ1) is 16.2. The van der Waals surface area contributed by atoms with Crippen molar-refractivity contribution in [2.75, 3.05) is 26.2 Å². The van der Waals surface area contributed by atoms with Gasteiger partial charge in [-0.1, -0.05) is 30.3 Å². The number of aryl methyl sites for hydroxylation is 1. The minimum absolute atomic E-state index is 0.256. The third-order valence-electron chi connectivity index (χ3n) is 4.38. The molecule has 0 saturated carbocycles. The summed E-state index contributed by atoms with van der Waals surface area (Å²) in [4.78, 5) is 2.28. The third-order valence-corrected chi connectivity index (χ3v) is 4.38. The molecule has 2 heterocycles. The molecule has 1 aliphatic rings. The van der Waals surface area contributed by atoms with Crippen molar-refractivity contribution in [3.05, 3.63) is 53.3 Å². The van der Waals surface area contributed by atoms with Crippen molar-refractivity contribution in [1.29, 1.82) is 0 Å². The Kier molecular flexibility index (Phi) is 5.43. The van der Waals surface area contributed by atoms with E-state index in [2.05, 4.69) is 33.3 Å². The van der Waals surface area contributed by atoms with Crippen LogP contribution in [0.25, 0.3) is 0 Å². The number of hydrogen-bond acceptors (Lipinski definition) is 4. The first-order valence-electron chi connectivity index (χ1n) is 8.23. The predicted octanol–water partition coefficient (Wildman–Crippen LogP) is 1.77. The van der Waals surface area contributed by atoms with E-state index in [-0.39, 0.29) is 12.0 Å². The van der Waals surface area contributed by atoms with Crippen LogP contribution in [0.5, 0.6) is 0 Å². The summed E-state index contributed by atoms with van der Waals surface area (Å²) in [6.07, 6.45) is 0.550. The number of ether oxygens (including phenoxy) is 1. The number of nitrogens with one attached hydrogen (secondary N) is 1. The molecule has 0 unspecified atom stereocenters. The predicted molar refractivity (Wildman–Crippen MR) is 89.1 cm³/mol. The number of β-amino-alcohol motifs (C(OH)–C–C–N with tert-alkyl or cyclic N) is 1. The zero-order chi connectivity index (χ0) is 16.1. The van der Waals surface area contributed by atoms with E-state index in [1.165, 1.54) is 5.56 Å². The largest absolute Gasteiger partial charge is 0.391 e. The molecule has 1 saturated heterocycles. The van der Waals surface area contributed by atoms with Crippen molar-refractivity contribution >= 4 is 0 Å². The molecule has 2 atom stereocenters. The van der Waals surface area contributed by atoms with Gasteiger partial charge in [-0.25, -0.2) is 0 Å². The monoisotopic (exact) mass is 315 g/mol. The molecule has 0 bridgehead atoms. The summed E-state index contributed by atoms with van der Waals surface area (Å²) in [5.74, 6) is 0.256. The summed E-state index contributed by atoms with van der Waals surface area (Å²) in [5.41, 5.74) is 3.30. The maximum absolute atomic E-state index is 10.2. The number of rotatable bonds is 7. The van der Waals surface area contributed by atoms with E-state index in [0.717, 1.165) is 37.4 Å². The molecule has 1 fully saturated rings. The molecule has 124 valence electrons. The molecular formula is C18H25N3O2. The summed E-state index contributed by atoms with van der Waals surface area (Å²) < 4.78 is 5.73. The lowest BCUT2D eigenvalue weighted by Crippen LogP contribution is -2.26. The first-order chi connectivity index (χ1) is 11.2. The molecule has 23 heavy (non-hydrogen) atoms. The SMILES string of the molecule is Cc1cc(C[C@@H]2CN(CCOCc3ccccc3)C[C@H]2O)n[nH]1. The van der Waals surface area contributed by atoms with Gasteiger partial charge in [0.1, 0.15) is 0 Å². The fourth-order valence-electron chi connectivity index (χ4n) is 3.13. The smallest absolute Gasteiger partial charge is 0.0717 e. The van der Waals surface area contributed by atoms with Gasteiger partial charge in [-0.3, -0.25) is 10.00 Å². The zero-order valence-electron chi connectivity index (χ0n) is 13.6. The Labute approximate surface area is 137 Å². The fraction of sp³-hybridized carbons (Fsp3) is 0.500. The van der Waals surface area contributed by atoms with Gasteiger partial charge in [-0.05, 0) is 25.0 Å². The number of nitrogens with zero attached hydrogens (tertiary/aromatic N) is 2. The van der Waals surface area contributed by atoms with E-state index in [4.69, 9.17) is 4.74 Å². The van der Waals surface area contributed by atoms with Crippen molar-refractivity contribution in [1.82, 2.24) is 15.1 Å². The number of likely N-dealkylation sites (tertiary alicyclic amines) is 1. The highest BCUT2D eigenvalue weighted by Crippen LogP contribution is 2.20. The Balaban J connectivity index is 1.38. The van der Waals surface area contributed by atoms with Crippen LogP contribution < -0.4 is 0 Å². The molecule has 0 amide bonds. The normalized spacial score (nSPS) is 21.8. The standard InChI is InChI=1S/C18H25N3O2/c1-14-9-17(20-19-14)10-16-11-21(12-18(16)22)7-8-23-13-15-5-3-2-4-6-15/h2-6,9,16,18,22H,7-8,10-13H2,1H3,(H,19,20)/t16-,18-/m1/s1. The molecular weight excluding hydrogens is 290 g/mol. The average Bonchev–Trinajstić information content (AvgIpc) is 3.11. The molecule has 3 rings (SSSR count). The van der Waals surface area contributed by atoms with Gasteiger partial charge in [0.05, 0.1) is 25.0 Å². The number of aliphatic hydroxyl groups is 1. The highest BCUT2D eigenvalue weighted by molar-refractivity contribution is 5.13. The number of H-pyrrole nitrogens is 1. The van der Waals surface area contributed by atoms with Crippen LogP contribution in [0, 0.1) is 12.8 Å². The third kappa shape index (κ3) is 4.64. The second kappa shape index (κ2) is 7.73. The van der Waals surface area contributed by atoms with Gasteiger partial charge in [-0.2, -0.15) is 5.10 Å². The van der Waals surface area contributed by atoms with Crippen LogP contribution in [0.15, 0.2) is 36.4 Å². The molecule has 0 aliphatic carbocycles. The fourth-order valence-corrected chi connectivity index (χ4v) is 3.13. The van der Waals surface area contributed by atoms with Gasteiger partial charge in [0.15, 0.2) is 0 Å². The van der Waals surface area contributed by atoms with Crippen LogP contribution in [0.4, 0.5) is 0 Å². The minimum Gasteiger partial charge on any atom is -0.391 e. The van der Waals surface area contributed by atoms with Crippen LogP contribution in [0.3, 0.4) is 0 Å². The highest BCUT2D eigenvalue weighted by Gasteiger charge is 2.31. The van der Waals surface area contributed by atoms with E-state index in [0.29, 0.717) is 13.2 Å². The summed E-state index contributed by atoms with van der Waals surface area (Å²) in [6.45, 7) is 5.82. The Hall–Kier alpha value is -1.69. The van der Waals surface area contributed by atoms with Gasteiger partial charge < -0.3 is 9.84 Å². The Morgan fingerprint density at radius 3 is 2.87 bits per heavy atom. The lowest BCUT2D eigenvalue weighted by molar-refractivity contribution is 0.0935. The molecule has 1 aromatic heterocycles. The van der Waals surface area contributed by atoms with Gasteiger partial charge in [0.2, 0.25) is 0 Å². The van der Waals surface area contributed by atoms with Crippen LogP contribution in [-0.4, -0.2) is 52.5 Å². The zero-order valence-corrected chi connectivity index (χ0v) is 13.6. The van der Waals surface area contributed by atoms with Gasteiger partial charge in [0.25, 0.3) is 0 Å². The summed E-state index contributed by atoms with van der Waals surface area (Å²) >= 11 is 0. The van der Waals surface area contributed by atoms with E-state index >= 15 is 0 Å². The van der Waals surface area contributed by atoms with Crippen molar-refractivity contribution in [3.63, 3.8) is 0 Å². The maximum atomic E-state index is 10.2. The average molecular weight is 315 g/mol. The second-order valence-electron chi connectivity index (χ2n) is 6.37. The molecule has 0 radical (unpaired) electrons. The number of aromatic nitrogens is 2. The number of hydrogen-bond donors (Lipinski definition) is 2. The van der Waals surface area contributed by atoms with Crippen molar-refractivity contribution in [2.24, 2.45) is 5.92 Å². The van der Waals surface area contributed by atoms with Gasteiger partial charge >= 0.3 is 0 Å². The summed E-state index contributed by atoms with van der Waals surface area (Å²) in [7, 11) is 0. The van der Waals surface area contributed by atoms with Crippen LogP contribution >= 0.6 is 0 Å². The van der Waals surface area contributed by atoms with Gasteiger partial charge in [-0.15, -0.1) is 0 Å². The topological polar surface area (TPSA) is 61.4 Å². The highest BCUT2D eigenvalue weighted by atomic mass is 16.5. The van der Waals surface area contributed by atoms with E-state index in [1.54, 1.807) is 0 Å². The van der Waals surface area contributed by atoms with Crippen LogP contribution in [0.1, 0.15) is 17.0 Å². The summed E-state index contributed by atoms with van der Waals surface area (Å²) in [5, 5.41) is 17.5. The first-order valence-corrected chi connectivity index (χ1v) is 8.23. The molecule has 5 heteroatoms. The maximum Gasteiger partial charge on any atom is 0.0717 e. The molecule has 2 N–H and O–H groups in total. The molecule has 1 aliphatic heterocycles. The van der Waals surface area contributed by atoms with Crippen molar-refractivity contribution < 1.29 is 9.84 Å². The Morgan fingerprint density at radius 2 is 2.13 bits per heavy atom. The molecule has 0 spiro atoms. The Bertz CT molecular complexity index is 599. The van der Waals surface area contributed by atoms with Crippen molar-refractivity contribution in [3.8, 4) is 0 Å². The van der Waals surface area contributed by atoms with Gasteiger partial charge in [0, 0.05) is 31.2 Å². The lowest BCUT2D eigenvalue weighted by atomic mass is 10.0. The minimum atomic E-state index is -0.277. The molecule has 5 nitrogen and oxygen atoms in total. The molecule has 1 aromatic carbocycles. The quantitative estimate of drug-likeness (QED) is 0.765. The lowest BCUT2D eigenvalue weighted by Gasteiger charge is -2.15. The van der Waals surface area contributed by atoms with Crippen molar-refractivity contribution in [2.45, 2.75) is 26.1 Å². The number of aliphatic hydroxyl groups excluding tert-OH is 1.